The van der Waals surface area contributed by atoms with Gasteiger partial charge in [-0.1, -0.05) is 29.8 Å². The third-order valence-electron chi connectivity index (χ3n) is 6.39. The molecular formula is C26H29N5O2S. The normalized spacial score (nSPS) is 15.7. The Hall–Kier alpha value is -3.07. The highest BCUT2D eigenvalue weighted by Crippen LogP contribution is 2.24. The Bertz CT molecular complexity index is 1450. The van der Waals surface area contributed by atoms with Crippen LogP contribution in [0.5, 0.6) is 0 Å². The minimum atomic E-state index is -3.51. The largest absolute Gasteiger partial charge is 0.293 e. The van der Waals surface area contributed by atoms with Gasteiger partial charge in [-0.3, -0.25) is 9.47 Å². The molecule has 0 saturated carbocycles. The van der Waals surface area contributed by atoms with Gasteiger partial charge in [-0.2, -0.15) is 4.31 Å². The van der Waals surface area contributed by atoms with Crippen molar-refractivity contribution in [3.63, 3.8) is 0 Å². The van der Waals surface area contributed by atoms with Crippen LogP contribution >= 0.6 is 0 Å². The van der Waals surface area contributed by atoms with Crippen molar-refractivity contribution in [3.8, 4) is 5.69 Å². The summed E-state index contributed by atoms with van der Waals surface area (Å²) in [7, 11) is -3.51. The van der Waals surface area contributed by atoms with Crippen LogP contribution in [-0.2, 0) is 16.6 Å². The van der Waals surface area contributed by atoms with Gasteiger partial charge in [-0.15, -0.1) is 0 Å². The van der Waals surface area contributed by atoms with Crippen molar-refractivity contribution < 1.29 is 8.42 Å². The molecule has 1 fully saturated rings. The third kappa shape index (κ3) is 4.24. The number of imidazole rings is 1. The molecule has 5 rings (SSSR count). The molecule has 34 heavy (non-hydrogen) atoms. The molecule has 1 aliphatic heterocycles. The summed E-state index contributed by atoms with van der Waals surface area (Å²) in [5.74, 6) is 0.907. The Morgan fingerprint density at radius 1 is 0.882 bits per heavy atom. The third-order valence-corrected chi connectivity index (χ3v) is 8.45. The summed E-state index contributed by atoms with van der Waals surface area (Å²) < 4.78 is 30.2. The van der Waals surface area contributed by atoms with Crippen LogP contribution in [0.4, 0.5) is 0 Å². The lowest BCUT2D eigenvalue weighted by Gasteiger charge is -2.34. The zero-order valence-corrected chi connectivity index (χ0v) is 20.6. The minimum Gasteiger partial charge on any atom is -0.293 e. The minimum absolute atomic E-state index is 0.402. The van der Waals surface area contributed by atoms with Gasteiger partial charge in [0.2, 0.25) is 10.0 Å². The van der Waals surface area contributed by atoms with Gasteiger partial charge >= 0.3 is 0 Å². The number of aromatic nitrogens is 3. The molecule has 0 radical (unpaired) electrons. The van der Waals surface area contributed by atoms with E-state index in [2.05, 4.69) is 39.6 Å². The summed E-state index contributed by atoms with van der Waals surface area (Å²) in [4.78, 5) is 12.1. The number of aryl methyl sites for hydroxylation is 3. The van der Waals surface area contributed by atoms with E-state index in [1.807, 2.05) is 44.2 Å². The Kier molecular flexibility index (Phi) is 5.97. The first-order valence-electron chi connectivity index (χ1n) is 11.5. The zero-order valence-electron chi connectivity index (χ0n) is 19.8. The first-order valence-corrected chi connectivity index (χ1v) is 13.0. The fraction of sp³-hybridized carbons (Fsp3) is 0.308. The van der Waals surface area contributed by atoms with Crippen LogP contribution in [0.2, 0.25) is 0 Å². The highest BCUT2D eigenvalue weighted by atomic mass is 32.2. The smallest absolute Gasteiger partial charge is 0.243 e. The van der Waals surface area contributed by atoms with Crippen molar-refractivity contribution in [2.45, 2.75) is 32.2 Å². The van der Waals surface area contributed by atoms with E-state index in [4.69, 9.17) is 4.98 Å². The van der Waals surface area contributed by atoms with Gasteiger partial charge in [0.05, 0.1) is 11.4 Å². The van der Waals surface area contributed by atoms with E-state index >= 15 is 0 Å². The molecule has 4 aromatic rings. The fourth-order valence-corrected chi connectivity index (χ4v) is 6.29. The van der Waals surface area contributed by atoms with E-state index in [1.165, 1.54) is 5.56 Å². The molecular weight excluding hydrogens is 446 g/mol. The van der Waals surface area contributed by atoms with Crippen molar-refractivity contribution in [2.75, 3.05) is 26.2 Å². The summed E-state index contributed by atoms with van der Waals surface area (Å²) in [6, 6.07) is 17.7. The molecule has 1 saturated heterocycles. The SMILES string of the molecule is Cc1cccc(-n2c(CN3CCN(S(=O)(=O)c4ccc(C)cc4C)CC3)nc3cccnc32)c1. The van der Waals surface area contributed by atoms with E-state index in [0.717, 1.165) is 33.8 Å². The lowest BCUT2D eigenvalue weighted by atomic mass is 10.2. The van der Waals surface area contributed by atoms with Crippen LogP contribution in [-0.4, -0.2) is 58.3 Å². The molecule has 0 N–H and O–H groups in total. The summed E-state index contributed by atoms with van der Waals surface area (Å²) in [6.07, 6.45) is 1.79. The molecule has 0 aliphatic carbocycles. The molecule has 1 aliphatic rings. The average molecular weight is 476 g/mol. The Labute approximate surface area is 200 Å². The number of nitrogens with zero attached hydrogens (tertiary/aromatic N) is 5. The Morgan fingerprint density at radius 2 is 1.65 bits per heavy atom. The first-order chi connectivity index (χ1) is 16.3. The maximum atomic E-state index is 13.3. The van der Waals surface area contributed by atoms with Gasteiger partial charge < -0.3 is 0 Å². The number of hydrogen-bond acceptors (Lipinski definition) is 5. The average Bonchev–Trinajstić information content (AvgIpc) is 3.17. The van der Waals surface area contributed by atoms with E-state index in [-0.39, 0.29) is 0 Å². The summed E-state index contributed by atoms with van der Waals surface area (Å²) in [6.45, 7) is 8.74. The summed E-state index contributed by atoms with van der Waals surface area (Å²) in [5.41, 5.74) is 5.75. The number of fused-ring (bicyclic) bond motifs is 1. The number of hydrogen-bond donors (Lipinski definition) is 0. The summed E-state index contributed by atoms with van der Waals surface area (Å²) >= 11 is 0. The molecule has 0 atom stereocenters. The van der Waals surface area contributed by atoms with E-state index in [9.17, 15) is 8.42 Å². The second-order valence-corrected chi connectivity index (χ2v) is 10.9. The topological polar surface area (TPSA) is 71.3 Å². The molecule has 0 amide bonds. The van der Waals surface area contributed by atoms with Crippen LogP contribution < -0.4 is 0 Å². The molecule has 0 spiro atoms. The predicted octanol–water partition coefficient (Wildman–Crippen LogP) is 3.85. The molecule has 8 heteroatoms. The molecule has 7 nitrogen and oxygen atoms in total. The second kappa shape index (κ2) is 8.94. The van der Waals surface area contributed by atoms with Crippen molar-refractivity contribution in [2.24, 2.45) is 0 Å². The van der Waals surface area contributed by atoms with Crippen molar-refractivity contribution in [1.29, 1.82) is 0 Å². The first kappa shape index (κ1) is 22.7. The van der Waals surface area contributed by atoms with Gasteiger partial charge in [-0.25, -0.2) is 18.4 Å². The van der Waals surface area contributed by atoms with Crippen LogP contribution in [0.3, 0.4) is 0 Å². The highest BCUT2D eigenvalue weighted by Gasteiger charge is 2.30. The second-order valence-electron chi connectivity index (χ2n) is 9.00. The Balaban J connectivity index is 1.37. The van der Waals surface area contributed by atoms with Crippen molar-refractivity contribution in [3.05, 3.63) is 83.3 Å². The molecule has 3 heterocycles. The molecule has 0 unspecified atom stereocenters. The fourth-order valence-electron chi connectivity index (χ4n) is 4.66. The number of rotatable bonds is 5. The van der Waals surface area contributed by atoms with Crippen LogP contribution in [0.1, 0.15) is 22.5 Å². The predicted molar refractivity (Wildman–Crippen MR) is 134 cm³/mol. The van der Waals surface area contributed by atoms with E-state index < -0.39 is 10.0 Å². The number of piperazine rings is 1. The highest BCUT2D eigenvalue weighted by molar-refractivity contribution is 7.89. The molecule has 0 bridgehead atoms. The lowest BCUT2D eigenvalue weighted by Crippen LogP contribution is -2.48. The maximum Gasteiger partial charge on any atom is 0.243 e. The number of benzene rings is 2. The van der Waals surface area contributed by atoms with Gasteiger partial charge in [0, 0.05) is 38.1 Å². The van der Waals surface area contributed by atoms with Gasteiger partial charge in [-0.05, 0) is 62.2 Å². The lowest BCUT2D eigenvalue weighted by molar-refractivity contribution is 0.177. The van der Waals surface area contributed by atoms with Crippen LogP contribution in [0.25, 0.3) is 16.9 Å². The van der Waals surface area contributed by atoms with Gasteiger partial charge in [0.25, 0.3) is 0 Å². The maximum absolute atomic E-state index is 13.3. The standard InChI is InChI=1S/C26H29N5O2S/c1-19-6-4-7-22(17-19)31-25(28-23-8-5-11-27-26(23)31)18-29-12-14-30(15-13-29)34(32,33)24-10-9-20(2)16-21(24)3/h4-11,16-17H,12-15,18H2,1-3H3. The van der Waals surface area contributed by atoms with Gasteiger partial charge in [0.1, 0.15) is 11.3 Å². The van der Waals surface area contributed by atoms with Crippen LogP contribution in [0, 0.1) is 20.8 Å². The van der Waals surface area contributed by atoms with E-state index in [0.29, 0.717) is 37.6 Å². The number of pyridine rings is 1. The van der Waals surface area contributed by atoms with E-state index in [1.54, 1.807) is 16.6 Å². The Morgan fingerprint density at radius 3 is 2.38 bits per heavy atom. The number of sulfonamides is 1. The quantitative estimate of drug-likeness (QED) is 0.438. The van der Waals surface area contributed by atoms with Crippen LogP contribution in [0.15, 0.2) is 65.7 Å². The molecule has 2 aromatic heterocycles. The van der Waals surface area contributed by atoms with Crippen molar-refractivity contribution in [1.82, 2.24) is 23.7 Å². The van der Waals surface area contributed by atoms with Gasteiger partial charge in [0.15, 0.2) is 5.65 Å². The molecule has 176 valence electrons. The summed E-state index contributed by atoms with van der Waals surface area (Å²) in [5, 5.41) is 0. The van der Waals surface area contributed by atoms with Crippen molar-refractivity contribution >= 4 is 21.2 Å². The molecule has 2 aromatic carbocycles. The monoisotopic (exact) mass is 475 g/mol. The zero-order chi connectivity index (χ0) is 23.9.